The number of carbonyl (C=O) groups excluding carboxylic acids is 1. The lowest BCUT2D eigenvalue weighted by atomic mass is 10.1. The van der Waals surface area contributed by atoms with E-state index in [2.05, 4.69) is 9.89 Å². The van der Waals surface area contributed by atoms with E-state index in [1.807, 2.05) is 0 Å². The number of benzene rings is 2. The normalized spacial score (nSPS) is 11.9. The predicted octanol–water partition coefficient (Wildman–Crippen LogP) is 3.60. The van der Waals surface area contributed by atoms with E-state index in [-0.39, 0.29) is 21.2 Å². The van der Waals surface area contributed by atoms with Gasteiger partial charge in [-0.25, -0.2) is 13.2 Å². The van der Waals surface area contributed by atoms with Gasteiger partial charge in [0.05, 0.1) is 22.6 Å². The summed E-state index contributed by atoms with van der Waals surface area (Å²) in [6.07, 6.45) is 0. The minimum atomic E-state index is -3.95. The summed E-state index contributed by atoms with van der Waals surface area (Å²) < 4.78 is 30.4. The standard InChI is InChI=1S/C17H15Cl2NO5S/c1-24-17(21)13-5-3-4-6-16(13)26(22,23)10-15(20-25-2)12-8-7-11(18)9-14(12)19/h3-9H,10H2,1-2H3. The van der Waals surface area contributed by atoms with Crippen molar-refractivity contribution in [1.29, 1.82) is 0 Å². The van der Waals surface area contributed by atoms with Crippen molar-refractivity contribution in [3.8, 4) is 0 Å². The Kier molecular flexibility index (Phi) is 6.63. The van der Waals surface area contributed by atoms with Gasteiger partial charge in [0.2, 0.25) is 0 Å². The van der Waals surface area contributed by atoms with Gasteiger partial charge in [0, 0.05) is 10.6 Å². The molecular weight excluding hydrogens is 401 g/mol. The van der Waals surface area contributed by atoms with Crippen molar-refractivity contribution in [2.24, 2.45) is 5.16 Å². The molecule has 0 saturated heterocycles. The second-order valence-electron chi connectivity index (χ2n) is 5.09. The number of hydrogen-bond donors (Lipinski definition) is 0. The number of hydrogen-bond acceptors (Lipinski definition) is 6. The molecule has 0 amide bonds. The van der Waals surface area contributed by atoms with Crippen molar-refractivity contribution in [2.75, 3.05) is 20.0 Å². The fourth-order valence-electron chi connectivity index (χ4n) is 2.26. The zero-order valence-electron chi connectivity index (χ0n) is 13.9. The molecule has 0 aromatic heterocycles. The first kappa shape index (κ1) is 20.2. The number of ether oxygens (including phenoxy) is 1. The van der Waals surface area contributed by atoms with Crippen molar-refractivity contribution in [2.45, 2.75) is 4.90 Å². The molecule has 26 heavy (non-hydrogen) atoms. The summed E-state index contributed by atoms with van der Waals surface area (Å²) in [6, 6.07) is 10.3. The molecule has 138 valence electrons. The van der Waals surface area contributed by atoms with Crippen molar-refractivity contribution in [3.63, 3.8) is 0 Å². The smallest absolute Gasteiger partial charge is 0.339 e. The monoisotopic (exact) mass is 415 g/mol. The lowest BCUT2D eigenvalue weighted by Gasteiger charge is -2.12. The zero-order valence-corrected chi connectivity index (χ0v) is 16.2. The van der Waals surface area contributed by atoms with E-state index in [4.69, 9.17) is 28.0 Å². The SMILES string of the molecule is CON=C(CS(=O)(=O)c1ccccc1C(=O)OC)c1ccc(Cl)cc1Cl. The van der Waals surface area contributed by atoms with Crippen LogP contribution in [0.4, 0.5) is 0 Å². The number of nitrogens with zero attached hydrogens (tertiary/aromatic N) is 1. The molecule has 0 fully saturated rings. The third kappa shape index (κ3) is 4.55. The molecule has 0 aliphatic carbocycles. The molecule has 0 unspecified atom stereocenters. The molecule has 2 aromatic rings. The summed E-state index contributed by atoms with van der Waals surface area (Å²) in [5, 5.41) is 4.41. The molecule has 0 spiro atoms. The molecule has 0 N–H and O–H groups in total. The fourth-order valence-corrected chi connectivity index (χ4v) is 4.27. The van der Waals surface area contributed by atoms with Gasteiger partial charge >= 0.3 is 5.97 Å². The van der Waals surface area contributed by atoms with Gasteiger partial charge in [-0.1, -0.05) is 46.6 Å². The molecule has 0 radical (unpaired) electrons. The molecule has 0 aliphatic rings. The Labute approximate surface area is 161 Å². The highest BCUT2D eigenvalue weighted by Crippen LogP contribution is 2.24. The van der Waals surface area contributed by atoms with Gasteiger partial charge in [-0.15, -0.1) is 0 Å². The van der Waals surface area contributed by atoms with E-state index < -0.39 is 21.6 Å². The Morgan fingerprint density at radius 2 is 1.77 bits per heavy atom. The van der Waals surface area contributed by atoms with Gasteiger partial charge in [-0.05, 0) is 24.3 Å². The number of rotatable bonds is 6. The maximum atomic E-state index is 12.9. The number of carbonyl (C=O) groups is 1. The van der Waals surface area contributed by atoms with Crippen LogP contribution in [0.25, 0.3) is 0 Å². The summed E-state index contributed by atoms with van der Waals surface area (Å²) >= 11 is 12.0. The number of oxime groups is 1. The van der Waals surface area contributed by atoms with Gasteiger partial charge in [0.15, 0.2) is 9.84 Å². The molecule has 0 heterocycles. The van der Waals surface area contributed by atoms with Gasteiger partial charge < -0.3 is 9.57 Å². The quantitative estimate of drug-likeness (QED) is 0.408. The predicted molar refractivity (Wildman–Crippen MR) is 99.8 cm³/mol. The second kappa shape index (κ2) is 8.53. The van der Waals surface area contributed by atoms with E-state index in [1.165, 1.54) is 38.5 Å². The van der Waals surface area contributed by atoms with Crippen molar-refractivity contribution in [3.05, 3.63) is 63.6 Å². The average Bonchev–Trinajstić information content (AvgIpc) is 2.60. The first-order valence-electron chi connectivity index (χ1n) is 7.25. The summed E-state index contributed by atoms with van der Waals surface area (Å²) in [7, 11) is -1.48. The van der Waals surface area contributed by atoms with Crippen LogP contribution in [0, 0.1) is 0 Å². The first-order valence-corrected chi connectivity index (χ1v) is 9.66. The molecule has 0 saturated carbocycles. The summed E-state index contributed by atoms with van der Waals surface area (Å²) in [6.45, 7) is 0. The minimum Gasteiger partial charge on any atom is -0.465 e. The maximum absolute atomic E-state index is 12.9. The van der Waals surface area contributed by atoms with Crippen LogP contribution in [0.5, 0.6) is 0 Å². The zero-order chi connectivity index (χ0) is 19.3. The largest absolute Gasteiger partial charge is 0.465 e. The fraction of sp³-hybridized carbons (Fsp3) is 0.176. The summed E-state index contributed by atoms with van der Waals surface area (Å²) in [4.78, 5) is 16.5. The third-order valence-electron chi connectivity index (χ3n) is 3.40. The number of halogens is 2. The molecular formula is C17H15Cl2NO5S. The third-order valence-corrected chi connectivity index (χ3v) is 5.63. The highest BCUT2D eigenvalue weighted by molar-refractivity contribution is 7.92. The molecule has 6 nitrogen and oxygen atoms in total. The Morgan fingerprint density at radius 3 is 2.38 bits per heavy atom. The van der Waals surface area contributed by atoms with Crippen LogP contribution < -0.4 is 0 Å². The Morgan fingerprint density at radius 1 is 1.08 bits per heavy atom. The van der Waals surface area contributed by atoms with Crippen LogP contribution in [0.3, 0.4) is 0 Å². The van der Waals surface area contributed by atoms with E-state index in [0.29, 0.717) is 10.6 Å². The van der Waals surface area contributed by atoms with Crippen LogP contribution in [-0.4, -0.2) is 40.1 Å². The summed E-state index contributed by atoms with van der Waals surface area (Å²) in [5.74, 6) is -1.28. The molecule has 2 aromatic carbocycles. The van der Waals surface area contributed by atoms with Crippen molar-refractivity contribution in [1.82, 2.24) is 0 Å². The Hall–Kier alpha value is -2.09. The van der Waals surface area contributed by atoms with Crippen LogP contribution in [-0.2, 0) is 19.4 Å². The first-order chi connectivity index (χ1) is 12.3. The highest BCUT2D eigenvalue weighted by Gasteiger charge is 2.26. The molecule has 9 heteroatoms. The van der Waals surface area contributed by atoms with Crippen LogP contribution >= 0.6 is 23.2 Å². The number of esters is 1. The maximum Gasteiger partial charge on any atom is 0.339 e. The molecule has 0 aliphatic heterocycles. The number of sulfone groups is 1. The Balaban J connectivity index is 2.50. The summed E-state index contributed by atoms with van der Waals surface area (Å²) in [5.41, 5.74) is 0.375. The van der Waals surface area contributed by atoms with E-state index in [1.54, 1.807) is 18.2 Å². The van der Waals surface area contributed by atoms with Crippen LogP contribution in [0.2, 0.25) is 10.0 Å². The number of methoxy groups -OCH3 is 1. The molecule has 0 bridgehead atoms. The molecule has 0 atom stereocenters. The lowest BCUT2D eigenvalue weighted by molar-refractivity contribution is 0.0596. The van der Waals surface area contributed by atoms with E-state index in [9.17, 15) is 13.2 Å². The van der Waals surface area contributed by atoms with Crippen LogP contribution in [0.1, 0.15) is 15.9 Å². The minimum absolute atomic E-state index is 0.0611. The topological polar surface area (TPSA) is 82.0 Å². The van der Waals surface area contributed by atoms with Gasteiger partial charge in [-0.2, -0.15) is 0 Å². The second-order valence-corrected chi connectivity index (χ2v) is 7.89. The van der Waals surface area contributed by atoms with Gasteiger partial charge in [0.25, 0.3) is 0 Å². The van der Waals surface area contributed by atoms with E-state index in [0.717, 1.165) is 0 Å². The average molecular weight is 416 g/mol. The molecule has 2 rings (SSSR count). The van der Waals surface area contributed by atoms with Crippen LogP contribution in [0.15, 0.2) is 52.5 Å². The van der Waals surface area contributed by atoms with Crippen molar-refractivity contribution < 1.29 is 22.8 Å². The highest BCUT2D eigenvalue weighted by atomic mass is 35.5. The van der Waals surface area contributed by atoms with Crippen molar-refractivity contribution >= 4 is 44.7 Å². The van der Waals surface area contributed by atoms with E-state index >= 15 is 0 Å². The Bertz CT molecular complexity index is 957. The van der Waals surface area contributed by atoms with Gasteiger partial charge in [0.1, 0.15) is 18.6 Å². The van der Waals surface area contributed by atoms with Gasteiger partial charge in [-0.3, -0.25) is 0 Å². The lowest BCUT2D eigenvalue weighted by Crippen LogP contribution is -2.20.